The zero-order chi connectivity index (χ0) is 24.6. The highest BCUT2D eigenvalue weighted by Gasteiger charge is 2.26. The maximum atomic E-state index is 14.7. The van der Waals surface area contributed by atoms with Gasteiger partial charge < -0.3 is 14.6 Å². The van der Waals surface area contributed by atoms with Gasteiger partial charge in [0.2, 0.25) is 0 Å². The standard InChI is InChI=1S/C22H15ClF3NO6S/c23-15-6-11-7-20(21(15)28)34(30,31)27-18-9-14(16(25)10-17(18)26)13-3-2-12(24)8-19(13)32-4-1-5-33-22(11)29/h2-3,6-10,27-28H,1,4-5H2. The molecule has 4 rings (SSSR count). The zero-order valence-corrected chi connectivity index (χ0v) is 18.6. The lowest BCUT2D eigenvalue weighted by molar-refractivity contribution is 0.0485. The molecule has 4 bridgehead atoms. The topological polar surface area (TPSA) is 102 Å². The van der Waals surface area contributed by atoms with Crippen molar-refractivity contribution in [3.05, 3.63) is 70.5 Å². The molecule has 34 heavy (non-hydrogen) atoms. The number of cyclic esters (lactones) is 1. The quantitative estimate of drug-likeness (QED) is 0.416. The Morgan fingerprint density at radius 1 is 0.941 bits per heavy atom. The Balaban J connectivity index is 1.92. The maximum absolute atomic E-state index is 14.7. The summed E-state index contributed by atoms with van der Waals surface area (Å²) in [5.41, 5.74) is -1.22. The summed E-state index contributed by atoms with van der Waals surface area (Å²) in [5, 5.41) is 9.74. The highest BCUT2D eigenvalue weighted by Crippen LogP contribution is 2.38. The number of ether oxygens (including phenoxy) is 2. The summed E-state index contributed by atoms with van der Waals surface area (Å²) in [6.07, 6.45) is 0.150. The Hall–Kier alpha value is -3.44. The van der Waals surface area contributed by atoms with Crippen LogP contribution in [0.1, 0.15) is 16.8 Å². The van der Waals surface area contributed by atoms with E-state index in [1.165, 1.54) is 6.07 Å². The van der Waals surface area contributed by atoms with E-state index in [1.807, 2.05) is 4.72 Å². The Labute approximate surface area is 196 Å². The minimum Gasteiger partial charge on any atom is -0.505 e. The third-order valence-corrected chi connectivity index (χ3v) is 6.53. The maximum Gasteiger partial charge on any atom is 0.338 e. The van der Waals surface area contributed by atoms with Crippen molar-refractivity contribution in [2.45, 2.75) is 11.3 Å². The third kappa shape index (κ3) is 4.62. The van der Waals surface area contributed by atoms with Crippen molar-refractivity contribution in [3.8, 4) is 22.6 Å². The molecule has 3 aromatic rings. The molecule has 0 saturated carbocycles. The molecular formula is C22H15ClF3NO6S. The van der Waals surface area contributed by atoms with Crippen LogP contribution in [-0.4, -0.2) is 32.7 Å². The van der Waals surface area contributed by atoms with Gasteiger partial charge in [-0.15, -0.1) is 0 Å². The monoisotopic (exact) mass is 513 g/mol. The molecule has 0 radical (unpaired) electrons. The summed E-state index contributed by atoms with van der Waals surface area (Å²) in [5.74, 6) is -4.92. The SMILES string of the molecule is O=C1OCCCOc2cc(F)ccc2-c2cc(c(F)cc2F)NS(=O)(=O)c2cc1cc(Cl)c2O. The van der Waals surface area contributed by atoms with Crippen LogP contribution in [-0.2, 0) is 14.8 Å². The fraction of sp³-hybridized carbons (Fsp3) is 0.136. The molecule has 1 aliphatic heterocycles. The number of phenolic OH excluding ortho intramolecular Hbond substituents is 1. The molecule has 3 aromatic carbocycles. The van der Waals surface area contributed by atoms with Crippen LogP contribution in [0.2, 0.25) is 5.02 Å². The number of fused-ring (bicyclic) bond motifs is 6. The van der Waals surface area contributed by atoms with Crippen LogP contribution in [0.25, 0.3) is 11.1 Å². The first-order valence-electron chi connectivity index (χ1n) is 9.71. The number of sulfonamides is 1. The molecule has 178 valence electrons. The normalized spacial score (nSPS) is 15.5. The minimum atomic E-state index is -4.73. The van der Waals surface area contributed by atoms with Gasteiger partial charge in [0.15, 0.2) is 5.75 Å². The van der Waals surface area contributed by atoms with E-state index >= 15 is 0 Å². The third-order valence-electron chi connectivity index (χ3n) is 4.87. The molecule has 1 aliphatic rings. The number of benzene rings is 3. The first-order chi connectivity index (χ1) is 16.1. The molecule has 0 amide bonds. The number of anilines is 1. The highest BCUT2D eigenvalue weighted by molar-refractivity contribution is 7.92. The highest BCUT2D eigenvalue weighted by atomic mass is 35.5. The van der Waals surface area contributed by atoms with E-state index in [1.54, 1.807) is 0 Å². The lowest BCUT2D eigenvalue weighted by Gasteiger charge is -2.16. The molecule has 2 N–H and O–H groups in total. The summed E-state index contributed by atoms with van der Waals surface area (Å²) in [6.45, 7) is -0.203. The summed E-state index contributed by atoms with van der Waals surface area (Å²) in [6, 6.07) is 6.34. The number of hydrogen-bond acceptors (Lipinski definition) is 6. The summed E-state index contributed by atoms with van der Waals surface area (Å²) in [4.78, 5) is 11.5. The largest absolute Gasteiger partial charge is 0.505 e. The van der Waals surface area contributed by atoms with Gasteiger partial charge in [-0.05, 0) is 30.3 Å². The fourth-order valence-electron chi connectivity index (χ4n) is 3.26. The molecule has 0 fully saturated rings. The Bertz CT molecular complexity index is 1410. The van der Waals surface area contributed by atoms with Crippen molar-refractivity contribution in [1.29, 1.82) is 0 Å². The van der Waals surface area contributed by atoms with Crippen LogP contribution in [0.4, 0.5) is 18.9 Å². The van der Waals surface area contributed by atoms with Crippen LogP contribution < -0.4 is 9.46 Å². The molecule has 0 aromatic heterocycles. The van der Waals surface area contributed by atoms with Gasteiger partial charge in [-0.2, -0.15) is 0 Å². The van der Waals surface area contributed by atoms with Gasteiger partial charge in [-0.1, -0.05) is 11.6 Å². The van der Waals surface area contributed by atoms with Crippen LogP contribution in [0.3, 0.4) is 0 Å². The number of phenols is 1. The van der Waals surface area contributed by atoms with E-state index in [4.69, 9.17) is 21.1 Å². The van der Waals surface area contributed by atoms with Crippen molar-refractivity contribution in [2.24, 2.45) is 0 Å². The van der Waals surface area contributed by atoms with Crippen LogP contribution in [0.15, 0.2) is 47.4 Å². The van der Waals surface area contributed by atoms with Gasteiger partial charge in [-0.25, -0.2) is 26.4 Å². The van der Waals surface area contributed by atoms with Crippen molar-refractivity contribution in [1.82, 2.24) is 0 Å². The number of carbonyl (C=O) groups is 1. The average Bonchev–Trinajstić information content (AvgIpc) is 2.76. The minimum absolute atomic E-state index is 0.0244. The van der Waals surface area contributed by atoms with Crippen molar-refractivity contribution < 1.29 is 41.0 Å². The predicted octanol–water partition coefficient (Wildman–Crippen LogP) is 4.87. The number of carbonyl (C=O) groups excluding carboxylic acids is 1. The second kappa shape index (κ2) is 9.07. The number of nitrogens with one attached hydrogen (secondary N) is 1. The lowest BCUT2D eigenvalue weighted by Crippen LogP contribution is -2.16. The van der Waals surface area contributed by atoms with Crippen molar-refractivity contribution in [3.63, 3.8) is 0 Å². The average molecular weight is 514 g/mol. The molecule has 0 unspecified atom stereocenters. The molecule has 0 spiro atoms. The summed E-state index contributed by atoms with van der Waals surface area (Å²) < 4.78 is 81.4. The molecule has 0 aliphatic carbocycles. The van der Waals surface area contributed by atoms with E-state index < -0.39 is 54.8 Å². The van der Waals surface area contributed by atoms with Gasteiger partial charge in [0, 0.05) is 29.7 Å². The van der Waals surface area contributed by atoms with Crippen LogP contribution >= 0.6 is 11.6 Å². The van der Waals surface area contributed by atoms with E-state index in [-0.39, 0.29) is 42.1 Å². The summed E-state index contributed by atoms with van der Waals surface area (Å²) in [7, 11) is -4.73. The Kier molecular flexibility index (Phi) is 6.32. The number of hydrogen-bond donors (Lipinski definition) is 2. The summed E-state index contributed by atoms with van der Waals surface area (Å²) >= 11 is 5.89. The molecule has 0 saturated heterocycles. The van der Waals surface area contributed by atoms with Gasteiger partial charge in [0.05, 0.1) is 29.5 Å². The van der Waals surface area contributed by atoms with E-state index in [9.17, 15) is 31.5 Å². The second-order valence-electron chi connectivity index (χ2n) is 7.20. The van der Waals surface area contributed by atoms with Gasteiger partial charge >= 0.3 is 5.97 Å². The van der Waals surface area contributed by atoms with Crippen molar-refractivity contribution >= 4 is 33.3 Å². The number of halogens is 4. The number of rotatable bonds is 0. The fourth-order valence-corrected chi connectivity index (χ4v) is 4.74. The number of esters is 1. The smallest absolute Gasteiger partial charge is 0.338 e. The first kappa shape index (κ1) is 23.7. The van der Waals surface area contributed by atoms with E-state index in [2.05, 4.69) is 0 Å². The second-order valence-corrected chi connectivity index (χ2v) is 9.26. The van der Waals surface area contributed by atoms with E-state index in [0.29, 0.717) is 6.07 Å². The Morgan fingerprint density at radius 2 is 1.68 bits per heavy atom. The Morgan fingerprint density at radius 3 is 2.44 bits per heavy atom. The van der Waals surface area contributed by atoms with Crippen LogP contribution in [0, 0.1) is 17.5 Å². The van der Waals surface area contributed by atoms with E-state index in [0.717, 1.165) is 30.3 Å². The first-order valence-corrected chi connectivity index (χ1v) is 11.6. The molecule has 0 atom stereocenters. The van der Waals surface area contributed by atoms with Crippen molar-refractivity contribution in [2.75, 3.05) is 17.9 Å². The van der Waals surface area contributed by atoms with Gasteiger partial charge in [-0.3, -0.25) is 4.72 Å². The molecule has 12 heteroatoms. The molecule has 7 nitrogen and oxygen atoms in total. The molecular weight excluding hydrogens is 499 g/mol. The van der Waals surface area contributed by atoms with Gasteiger partial charge in [0.1, 0.15) is 28.1 Å². The predicted molar refractivity (Wildman–Crippen MR) is 116 cm³/mol. The number of aromatic hydroxyl groups is 1. The zero-order valence-electron chi connectivity index (χ0n) is 17.1. The van der Waals surface area contributed by atoms with Crippen LogP contribution in [0.5, 0.6) is 11.5 Å². The lowest BCUT2D eigenvalue weighted by atomic mass is 10.0. The van der Waals surface area contributed by atoms with Gasteiger partial charge in [0.25, 0.3) is 10.0 Å². The molecule has 1 heterocycles.